The van der Waals surface area contributed by atoms with E-state index >= 15 is 0 Å². The maximum Gasteiger partial charge on any atom is 0.307 e. The molecular weight excluding hydrogens is 268 g/mol. The van der Waals surface area contributed by atoms with Crippen LogP contribution in [0.25, 0.3) is 0 Å². The lowest BCUT2D eigenvalue weighted by molar-refractivity contribution is -0.146. The molecule has 2 atom stereocenters. The molecule has 0 bridgehead atoms. The largest absolute Gasteiger partial charge is 0.481 e. The van der Waals surface area contributed by atoms with Crippen LogP contribution in [0.2, 0.25) is 0 Å². The summed E-state index contributed by atoms with van der Waals surface area (Å²) in [6, 6.07) is 3.38. The van der Waals surface area contributed by atoms with E-state index < -0.39 is 29.4 Å². The zero-order valence-corrected chi connectivity index (χ0v) is 10.7. The van der Waals surface area contributed by atoms with Gasteiger partial charge in [-0.3, -0.25) is 9.59 Å². The molecule has 1 aromatic carbocycles. The van der Waals surface area contributed by atoms with Gasteiger partial charge in [-0.15, -0.1) is 0 Å². The summed E-state index contributed by atoms with van der Waals surface area (Å²) in [5.41, 5.74) is 0.433. The van der Waals surface area contributed by atoms with Crippen molar-refractivity contribution in [2.75, 3.05) is 0 Å². The number of nitrogens with one attached hydrogen (secondary N) is 1. The molecular formula is C14H15F2NO3. The minimum atomic E-state index is -0.971. The van der Waals surface area contributed by atoms with Gasteiger partial charge in [0.1, 0.15) is 0 Å². The second kappa shape index (κ2) is 5.98. The number of hydrogen-bond acceptors (Lipinski definition) is 2. The van der Waals surface area contributed by atoms with E-state index in [1.807, 2.05) is 0 Å². The van der Waals surface area contributed by atoms with Crippen molar-refractivity contribution in [1.82, 2.24) is 5.32 Å². The molecule has 0 aromatic heterocycles. The monoisotopic (exact) mass is 283 g/mol. The average Bonchev–Trinajstić information content (AvgIpc) is 2.89. The predicted octanol–water partition coefficient (Wildman–Crippen LogP) is 2.08. The van der Waals surface area contributed by atoms with Gasteiger partial charge >= 0.3 is 5.97 Å². The fourth-order valence-corrected chi connectivity index (χ4v) is 2.54. The molecule has 4 nitrogen and oxygen atoms in total. The standard InChI is InChI=1S/C14H15F2NO3/c15-11-5-4-8(6-12(11)16)7-17-13(18)9-2-1-3-10(9)14(19)20/h4-6,9-10H,1-3,7H2,(H,17,18)(H,19,20). The van der Waals surface area contributed by atoms with E-state index in [0.29, 0.717) is 24.8 Å². The van der Waals surface area contributed by atoms with Gasteiger partial charge in [-0.05, 0) is 30.5 Å². The van der Waals surface area contributed by atoms with Crippen LogP contribution in [0.4, 0.5) is 8.78 Å². The minimum absolute atomic E-state index is 0.0544. The highest BCUT2D eigenvalue weighted by molar-refractivity contribution is 5.85. The van der Waals surface area contributed by atoms with Crippen molar-refractivity contribution in [2.24, 2.45) is 11.8 Å². The molecule has 0 saturated heterocycles. The number of halogens is 2. The van der Waals surface area contributed by atoms with E-state index in [1.54, 1.807) is 0 Å². The Morgan fingerprint density at radius 1 is 1.20 bits per heavy atom. The van der Waals surface area contributed by atoms with Gasteiger partial charge in [-0.1, -0.05) is 12.5 Å². The molecule has 1 aliphatic carbocycles. The van der Waals surface area contributed by atoms with Crippen LogP contribution >= 0.6 is 0 Å². The molecule has 0 spiro atoms. The third-order valence-corrected chi connectivity index (χ3v) is 3.62. The number of carboxylic acid groups (broad SMARTS) is 1. The Hall–Kier alpha value is -1.98. The fourth-order valence-electron chi connectivity index (χ4n) is 2.54. The first-order valence-electron chi connectivity index (χ1n) is 6.43. The Bertz CT molecular complexity index is 533. The average molecular weight is 283 g/mol. The number of hydrogen-bond donors (Lipinski definition) is 2. The van der Waals surface area contributed by atoms with E-state index in [4.69, 9.17) is 5.11 Å². The van der Waals surface area contributed by atoms with Crippen molar-refractivity contribution in [3.8, 4) is 0 Å². The lowest BCUT2D eigenvalue weighted by Crippen LogP contribution is -2.34. The second-order valence-corrected chi connectivity index (χ2v) is 4.95. The normalized spacial score (nSPS) is 21.7. The number of rotatable bonds is 4. The van der Waals surface area contributed by atoms with E-state index in [2.05, 4.69) is 5.32 Å². The first-order valence-corrected chi connectivity index (χ1v) is 6.43. The summed E-state index contributed by atoms with van der Waals surface area (Å²) < 4.78 is 25.8. The van der Waals surface area contributed by atoms with Crippen molar-refractivity contribution in [3.05, 3.63) is 35.4 Å². The maximum atomic E-state index is 13.0. The Morgan fingerprint density at radius 3 is 2.55 bits per heavy atom. The van der Waals surface area contributed by atoms with Crippen LogP contribution in [0.15, 0.2) is 18.2 Å². The van der Waals surface area contributed by atoms with Crippen molar-refractivity contribution in [1.29, 1.82) is 0 Å². The zero-order valence-electron chi connectivity index (χ0n) is 10.7. The van der Waals surface area contributed by atoms with Crippen molar-refractivity contribution in [2.45, 2.75) is 25.8 Å². The molecule has 0 radical (unpaired) electrons. The molecule has 1 aliphatic rings. The molecule has 0 aliphatic heterocycles. The van der Waals surface area contributed by atoms with Gasteiger partial charge in [0.15, 0.2) is 11.6 Å². The van der Waals surface area contributed by atoms with E-state index in [9.17, 15) is 18.4 Å². The third-order valence-electron chi connectivity index (χ3n) is 3.62. The van der Waals surface area contributed by atoms with Gasteiger partial charge in [0, 0.05) is 6.54 Å². The molecule has 108 valence electrons. The topological polar surface area (TPSA) is 66.4 Å². The van der Waals surface area contributed by atoms with Gasteiger partial charge < -0.3 is 10.4 Å². The molecule has 2 rings (SSSR count). The molecule has 1 aromatic rings. The van der Waals surface area contributed by atoms with Crippen LogP contribution in [0, 0.1) is 23.5 Å². The predicted molar refractivity (Wildman–Crippen MR) is 66.7 cm³/mol. The molecule has 2 unspecified atom stereocenters. The van der Waals surface area contributed by atoms with Gasteiger partial charge in [0.25, 0.3) is 0 Å². The summed E-state index contributed by atoms with van der Waals surface area (Å²) in [7, 11) is 0. The Morgan fingerprint density at radius 2 is 1.90 bits per heavy atom. The van der Waals surface area contributed by atoms with Crippen molar-refractivity contribution >= 4 is 11.9 Å². The fraction of sp³-hybridized carbons (Fsp3) is 0.429. The number of carboxylic acids is 1. The molecule has 1 saturated carbocycles. The molecule has 6 heteroatoms. The summed E-state index contributed by atoms with van der Waals surface area (Å²) in [5, 5.41) is 11.6. The van der Waals surface area contributed by atoms with Crippen LogP contribution in [-0.2, 0) is 16.1 Å². The molecule has 1 amide bonds. The van der Waals surface area contributed by atoms with Crippen LogP contribution in [0.1, 0.15) is 24.8 Å². The smallest absolute Gasteiger partial charge is 0.307 e. The van der Waals surface area contributed by atoms with Gasteiger partial charge in [-0.2, -0.15) is 0 Å². The van der Waals surface area contributed by atoms with Crippen LogP contribution < -0.4 is 5.32 Å². The summed E-state index contributed by atoms with van der Waals surface area (Å²) in [5.74, 6) is -4.42. The van der Waals surface area contributed by atoms with Crippen LogP contribution in [0.5, 0.6) is 0 Å². The molecule has 20 heavy (non-hydrogen) atoms. The molecule has 0 heterocycles. The quantitative estimate of drug-likeness (QED) is 0.889. The Labute approximate surface area is 114 Å². The van der Waals surface area contributed by atoms with Crippen molar-refractivity contribution < 1.29 is 23.5 Å². The first-order chi connectivity index (χ1) is 9.49. The maximum absolute atomic E-state index is 13.0. The highest BCUT2D eigenvalue weighted by Crippen LogP contribution is 2.32. The second-order valence-electron chi connectivity index (χ2n) is 4.95. The highest BCUT2D eigenvalue weighted by atomic mass is 19.2. The van der Waals surface area contributed by atoms with E-state index in [-0.39, 0.29) is 12.5 Å². The lowest BCUT2D eigenvalue weighted by Gasteiger charge is -2.15. The Kier molecular flexibility index (Phi) is 4.32. The molecule has 1 fully saturated rings. The third kappa shape index (κ3) is 3.12. The number of amides is 1. The number of carbonyl (C=O) groups excluding carboxylic acids is 1. The molecule has 2 N–H and O–H groups in total. The van der Waals surface area contributed by atoms with E-state index in [1.165, 1.54) is 6.07 Å². The van der Waals surface area contributed by atoms with Crippen LogP contribution in [-0.4, -0.2) is 17.0 Å². The first kappa shape index (κ1) is 14.4. The number of aliphatic carboxylic acids is 1. The number of benzene rings is 1. The SMILES string of the molecule is O=C(O)C1CCCC1C(=O)NCc1ccc(F)c(F)c1. The van der Waals surface area contributed by atoms with Crippen LogP contribution in [0.3, 0.4) is 0 Å². The van der Waals surface area contributed by atoms with E-state index in [0.717, 1.165) is 12.1 Å². The van der Waals surface area contributed by atoms with Gasteiger partial charge in [0.2, 0.25) is 5.91 Å². The van der Waals surface area contributed by atoms with Crippen molar-refractivity contribution in [3.63, 3.8) is 0 Å². The minimum Gasteiger partial charge on any atom is -0.481 e. The zero-order chi connectivity index (χ0) is 14.7. The number of carbonyl (C=O) groups is 2. The summed E-state index contributed by atoms with van der Waals surface area (Å²) in [6.07, 6.45) is 1.75. The van der Waals surface area contributed by atoms with Gasteiger partial charge in [-0.25, -0.2) is 8.78 Å². The lowest BCUT2D eigenvalue weighted by atomic mass is 9.95. The Balaban J connectivity index is 1.94. The summed E-state index contributed by atoms with van der Waals surface area (Å²) >= 11 is 0. The summed E-state index contributed by atoms with van der Waals surface area (Å²) in [6.45, 7) is 0.0544. The highest BCUT2D eigenvalue weighted by Gasteiger charge is 2.37. The van der Waals surface area contributed by atoms with Gasteiger partial charge in [0.05, 0.1) is 11.8 Å². The summed E-state index contributed by atoms with van der Waals surface area (Å²) in [4.78, 5) is 22.9.